The van der Waals surface area contributed by atoms with Crippen molar-refractivity contribution in [3.63, 3.8) is 0 Å². The van der Waals surface area contributed by atoms with Crippen molar-refractivity contribution in [2.45, 2.75) is 32.0 Å². The number of carbonyl (C=O) groups excluding carboxylic acids is 1. The summed E-state index contributed by atoms with van der Waals surface area (Å²) in [6.07, 6.45) is 2.43. The molecule has 1 unspecified atom stereocenters. The van der Waals surface area contributed by atoms with Crippen LogP contribution in [0.25, 0.3) is 21.8 Å². The van der Waals surface area contributed by atoms with Gasteiger partial charge in [0, 0.05) is 22.0 Å². The van der Waals surface area contributed by atoms with E-state index in [9.17, 15) is 4.79 Å². The molecule has 8 nitrogen and oxygen atoms in total. The Kier molecular flexibility index (Phi) is 5.46. The molecule has 5 aromatic rings. The van der Waals surface area contributed by atoms with Crippen LogP contribution < -0.4 is 10.6 Å². The minimum Gasteiger partial charge on any atom is -0.430 e. The quantitative estimate of drug-likeness (QED) is 0.346. The van der Waals surface area contributed by atoms with E-state index >= 15 is 0 Å². The summed E-state index contributed by atoms with van der Waals surface area (Å²) in [6.45, 7) is 4.48. The molecule has 1 saturated heterocycles. The number of benzene rings is 3. The summed E-state index contributed by atoms with van der Waals surface area (Å²) >= 11 is 0. The summed E-state index contributed by atoms with van der Waals surface area (Å²) in [4.78, 5) is 20.5. The molecular weight excluding hydrogens is 464 g/mol. The monoisotopic (exact) mass is 488 g/mol. The number of nitrogens with zero attached hydrogens (tertiary/aromatic N) is 4. The Morgan fingerprint density at radius 1 is 1.08 bits per heavy atom. The van der Waals surface area contributed by atoms with Gasteiger partial charge in [0.15, 0.2) is 6.10 Å². The standard InChI is InChI=1S/C29H24N6O2/c1-29(2)26(37-28(36)34-29)13-9-19-8-11-24-23(14-19)27(31-18-30-24)33-22-10-12-25-21(15-22)16-32-35(25)17-20-6-4-3-5-7-20/h3-8,10-12,14-16,18,26H,17H2,1-2H3,(H,34,36)(H,30,31,33). The zero-order valence-corrected chi connectivity index (χ0v) is 20.4. The highest BCUT2D eigenvalue weighted by molar-refractivity contribution is 5.92. The summed E-state index contributed by atoms with van der Waals surface area (Å²) in [7, 11) is 0. The molecule has 0 spiro atoms. The number of anilines is 2. The van der Waals surface area contributed by atoms with Crippen LogP contribution >= 0.6 is 0 Å². The number of aromatic nitrogens is 4. The molecule has 3 aromatic carbocycles. The molecule has 37 heavy (non-hydrogen) atoms. The Balaban J connectivity index is 1.27. The number of alkyl carbamates (subject to hydrolysis) is 1. The molecule has 1 fully saturated rings. The SMILES string of the molecule is CC1(C)NC(=O)OC1C#Cc1ccc2ncnc(Nc3ccc4c(cnn4Cc4ccccc4)c3)c2c1. The van der Waals surface area contributed by atoms with Crippen molar-refractivity contribution in [1.82, 2.24) is 25.1 Å². The van der Waals surface area contributed by atoms with Crippen molar-refractivity contribution in [2.24, 2.45) is 0 Å². The van der Waals surface area contributed by atoms with Crippen molar-refractivity contribution in [2.75, 3.05) is 5.32 Å². The first-order chi connectivity index (χ1) is 17.9. The summed E-state index contributed by atoms with van der Waals surface area (Å²) < 4.78 is 7.29. The number of fused-ring (bicyclic) bond motifs is 2. The molecule has 0 bridgehead atoms. The van der Waals surface area contributed by atoms with Gasteiger partial charge in [0.25, 0.3) is 0 Å². The molecule has 0 aliphatic carbocycles. The third kappa shape index (κ3) is 4.55. The Morgan fingerprint density at radius 3 is 2.76 bits per heavy atom. The van der Waals surface area contributed by atoms with Crippen LogP contribution in [0.1, 0.15) is 25.0 Å². The zero-order valence-electron chi connectivity index (χ0n) is 20.4. The first-order valence-electron chi connectivity index (χ1n) is 12.0. The Bertz CT molecular complexity index is 1700. The van der Waals surface area contributed by atoms with E-state index < -0.39 is 17.7 Å². The van der Waals surface area contributed by atoms with Gasteiger partial charge in [0.2, 0.25) is 0 Å². The molecule has 2 aromatic heterocycles. The maximum atomic E-state index is 11.6. The molecule has 6 rings (SSSR count). The van der Waals surface area contributed by atoms with Gasteiger partial charge >= 0.3 is 6.09 Å². The van der Waals surface area contributed by atoms with Crippen molar-refractivity contribution in [1.29, 1.82) is 0 Å². The van der Waals surface area contributed by atoms with Gasteiger partial charge in [-0.1, -0.05) is 42.2 Å². The number of amides is 1. The van der Waals surface area contributed by atoms with E-state index in [1.807, 2.05) is 67.2 Å². The average Bonchev–Trinajstić information content (AvgIpc) is 3.41. The normalized spacial score (nSPS) is 16.2. The van der Waals surface area contributed by atoms with Crippen LogP contribution in [0.15, 0.2) is 79.3 Å². The highest BCUT2D eigenvalue weighted by Gasteiger charge is 2.40. The van der Waals surface area contributed by atoms with Gasteiger partial charge in [0.1, 0.15) is 12.1 Å². The lowest BCUT2D eigenvalue weighted by Crippen LogP contribution is -2.41. The molecule has 182 valence electrons. The number of hydrogen-bond acceptors (Lipinski definition) is 6. The van der Waals surface area contributed by atoms with Crippen LogP contribution in [0.2, 0.25) is 0 Å². The Morgan fingerprint density at radius 2 is 1.95 bits per heavy atom. The van der Waals surface area contributed by atoms with Crippen LogP contribution in [0.4, 0.5) is 16.3 Å². The van der Waals surface area contributed by atoms with Crippen molar-refractivity contribution in [3.05, 3.63) is 90.4 Å². The topological polar surface area (TPSA) is 94.0 Å². The van der Waals surface area contributed by atoms with Crippen molar-refractivity contribution in [3.8, 4) is 11.8 Å². The van der Waals surface area contributed by atoms with Gasteiger partial charge < -0.3 is 15.4 Å². The van der Waals surface area contributed by atoms with Crippen molar-refractivity contribution < 1.29 is 9.53 Å². The van der Waals surface area contributed by atoms with E-state index in [1.165, 1.54) is 5.56 Å². The number of rotatable bonds is 4. The van der Waals surface area contributed by atoms with Gasteiger partial charge in [-0.3, -0.25) is 4.68 Å². The zero-order chi connectivity index (χ0) is 25.4. The van der Waals surface area contributed by atoms with E-state index in [0.29, 0.717) is 12.4 Å². The van der Waals surface area contributed by atoms with Crippen LogP contribution in [0, 0.1) is 11.8 Å². The predicted octanol–water partition coefficient (Wildman–Crippen LogP) is 5.01. The Hall–Kier alpha value is -4.90. The fraction of sp³-hybridized carbons (Fsp3) is 0.172. The molecular formula is C29H24N6O2. The molecule has 1 aliphatic rings. The van der Waals surface area contributed by atoms with Gasteiger partial charge in [-0.15, -0.1) is 0 Å². The van der Waals surface area contributed by atoms with Gasteiger partial charge in [0.05, 0.1) is 29.3 Å². The molecule has 1 atom stereocenters. The first kappa shape index (κ1) is 22.6. The number of ether oxygens (including phenoxy) is 1. The third-order valence-corrected chi connectivity index (χ3v) is 6.37. The fourth-order valence-electron chi connectivity index (χ4n) is 4.39. The third-order valence-electron chi connectivity index (χ3n) is 6.37. The molecule has 1 aliphatic heterocycles. The lowest BCUT2D eigenvalue weighted by atomic mass is 9.99. The number of cyclic esters (lactones) is 1. The largest absolute Gasteiger partial charge is 0.430 e. The molecule has 1 amide bonds. The van der Waals surface area contributed by atoms with E-state index in [1.54, 1.807) is 6.33 Å². The molecule has 0 saturated carbocycles. The minimum absolute atomic E-state index is 0.453. The fourth-order valence-corrected chi connectivity index (χ4v) is 4.39. The number of nitrogens with one attached hydrogen (secondary N) is 2. The first-order valence-corrected chi connectivity index (χ1v) is 12.0. The van der Waals surface area contributed by atoms with E-state index in [4.69, 9.17) is 4.74 Å². The minimum atomic E-state index is -0.551. The van der Waals surface area contributed by atoms with Gasteiger partial charge in [-0.2, -0.15) is 5.10 Å². The van der Waals surface area contributed by atoms with Gasteiger partial charge in [-0.25, -0.2) is 14.8 Å². The predicted molar refractivity (Wildman–Crippen MR) is 142 cm³/mol. The summed E-state index contributed by atoms with van der Waals surface area (Å²) in [5.41, 5.74) is 4.19. The summed E-state index contributed by atoms with van der Waals surface area (Å²) in [5, 5.41) is 12.7. The highest BCUT2D eigenvalue weighted by Crippen LogP contribution is 2.27. The number of carbonyl (C=O) groups is 1. The molecule has 8 heteroatoms. The van der Waals surface area contributed by atoms with E-state index in [0.717, 1.165) is 33.1 Å². The second kappa shape index (κ2) is 8.95. The molecule has 0 radical (unpaired) electrons. The maximum Gasteiger partial charge on any atom is 0.409 e. The Labute approximate surface area is 213 Å². The summed E-state index contributed by atoms with van der Waals surface area (Å²) in [6, 6.07) is 22.2. The lowest BCUT2D eigenvalue weighted by molar-refractivity contribution is 0.149. The molecule has 3 heterocycles. The summed E-state index contributed by atoms with van der Waals surface area (Å²) in [5.74, 6) is 6.88. The van der Waals surface area contributed by atoms with Crippen molar-refractivity contribution >= 4 is 39.4 Å². The van der Waals surface area contributed by atoms with Crippen LogP contribution in [0.5, 0.6) is 0 Å². The van der Waals surface area contributed by atoms with E-state index in [2.05, 4.69) is 61.8 Å². The second-order valence-corrected chi connectivity index (χ2v) is 9.54. The van der Waals surface area contributed by atoms with Crippen LogP contribution in [-0.4, -0.2) is 37.5 Å². The van der Waals surface area contributed by atoms with Crippen LogP contribution in [0.3, 0.4) is 0 Å². The van der Waals surface area contributed by atoms with Gasteiger partial charge in [-0.05, 0) is 55.8 Å². The average molecular weight is 489 g/mol. The lowest BCUT2D eigenvalue weighted by Gasteiger charge is -2.18. The number of hydrogen-bond donors (Lipinski definition) is 2. The second-order valence-electron chi connectivity index (χ2n) is 9.54. The highest BCUT2D eigenvalue weighted by atomic mass is 16.6. The smallest absolute Gasteiger partial charge is 0.409 e. The maximum absolute atomic E-state index is 11.6. The van der Waals surface area contributed by atoms with Crippen LogP contribution in [-0.2, 0) is 11.3 Å². The van der Waals surface area contributed by atoms with E-state index in [-0.39, 0.29) is 0 Å². The molecule has 2 N–H and O–H groups in total.